The Balaban J connectivity index is 2.17. The van der Waals surface area contributed by atoms with E-state index in [0.717, 1.165) is 10.0 Å². The Bertz CT molecular complexity index is 627. The molecule has 6 heteroatoms. The van der Waals surface area contributed by atoms with Crippen molar-refractivity contribution in [2.24, 2.45) is 5.73 Å². The highest BCUT2D eigenvalue weighted by atomic mass is 79.9. The summed E-state index contributed by atoms with van der Waals surface area (Å²) in [6, 6.07) is 11.4. The molecule has 0 saturated carbocycles. The van der Waals surface area contributed by atoms with Crippen molar-refractivity contribution >= 4 is 21.6 Å². The molecule has 0 heterocycles. The molecule has 0 aliphatic carbocycles. The van der Waals surface area contributed by atoms with E-state index in [1.807, 2.05) is 25.1 Å². The van der Waals surface area contributed by atoms with Crippen LogP contribution >= 0.6 is 15.9 Å². The minimum Gasteiger partial charge on any atom is -0.457 e. The number of nitrogens with zero attached hydrogens (tertiary/aromatic N) is 1. The van der Waals surface area contributed by atoms with Gasteiger partial charge >= 0.3 is 0 Å². The number of halogens is 1. The molecule has 0 aliphatic heterocycles. The van der Waals surface area contributed by atoms with Gasteiger partial charge in [0.1, 0.15) is 11.5 Å². The molecule has 104 valence electrons. The van der Waals surface area contributed by atoms with Crippen molar-refractivity contribution in [2.45, 2.75) is 13.0 Å². The van der Waals surface area contributed by atoms with Gasteiger partial charge in [0, 0.05) is 22.6 Å². The smallest absolute Gasteiger partial charge is 0.269 e. The molecular formula is C14H13BrN2O3. The molecule has 2 N–H and O–H groups in total. The van der Waals surface area contributed by atoms with Crippen LogP contribution in [0.3, 0.4) is 0 Å². The minimum absolute atomic E-state index is 0.0332. The maximum Gasteiger partial charge on any atom is 0.269 e. The first kappa shape index (κ1) is 14.5. The zero-order valence-corrected chi connectivity index (χ0v) is 12.3. The van der Waals surface area contributed by atoms with Gasteiger partial charge in [0.25, 0.3) is 5.69 Å². The summed E-state index contributed by atoms with van der Waals surface area (Å²) in [6.07, 6.45) is 0. The van der Waals surface area contributed by atoms with E-state index in [1.54, 1.807) is 12.1 Å². The summed E-state index contributed by atoms with van der Waals surface area (Å²) in [5.74, 6) is 1.17. The monoisotopic (exact) mass is 336 g/mol. The second-order valence-corrected chi connectivity index (χ2v) is 5.18. The maximum absolute atomic E-state index is 10.6. The average Bonchev–Trinajstić information content (AvgIpc) is 2.39. The number of non-ortho nitro benzene ring substituents is 1. The predicted octanol–water partition coefficient (Wildman–Crippen LogP) is 4.17. The van der Waals surface area contributed by atoms with Crippen LogP contribution < -0.4 is 10.5 Å². The summed E-state index contributed by atoms with van der Waals surface area (Å²) >= 11 is 3.44. The third-order valence-electron chi connectivity index (χ3n) is 2.75. The summed E-state index contributed by atoms with van der Waals surface area (Å²) in [7, 11) is 0. The van der Waals surface area contributed by atoms with E-state index in [2.05, 4.69) is 15.9 Å². The third-order valence-corrected chi connectivity index (χ3v) is 3.43. The van der Waals surface area contributed by atoms with Crippen molar-refractivity contribution < 1.29 is 9.66 Å². The Labute approximate surface area is 124 Å². The van der Waals surface area contributed by atoms with Crippen LogP contribution in [-0.2, 0) is 0 Å². The number of rotatable bonds is 4. The topological polar surface area (TPSA) is 78.4 Å². The van der Waals surface area contributed by atoms with Crippen molar-refractivity contribution in [3.8, 4) is 11.5 Å². The van der Waals surface area contributed by atoms with Crippen molar-refractivity contribution in [2.75, 3.05) is 0 Å². The Morgan fingerprint density at radius 1 is 1.20 bits per heavy atom. The number of hydrogen-bond donors (Lipinski definition) is 1. The number of nitrogens with two attached hydrogens (primary N) is 1. The van der Waals surface area contributed by atoms with E-state index >= 15 is 0 Å². The first-order valence-corrected chi connectivity index (χ1v) is 6.74. The molecule has 2 rings (SSSR count). The van der Waals surface area contributed by atoms with Crippen LogP contribution in [0.5, 0.6) is 11.5 Å². The van der Waals surface area contributed by atoms with Crippen LogP contribution in [0.4, 0.5) is 5.69 Å². The number of nitro benzene ring substituents is 1. The molecule has 0 aliphatic rings. The van der Waals surface area contributed by atoms with Gasteiger partial charge in [0.15, 0.2) is 0 Å². The zero-order valence-electron chi connectivity index (χ0n) is 10.7. The molecule has 20 heavy (non-hydrogen) atoms. The van der Waals surface area contributed by atoms with Crippen LogP contribution in [0.25, 0.3) is 0 Å². The fourth-order valence-electron chi connectivity index (χ4n) is 1.71. The van der Waals surface area contributed by atoms with Crippen LogP contribution in [0.2, 0.25) is 0 Å². The molecular weight excluding hydrogens is 324 g/mol. The van der Waals surface area contributed by atoms with Crippen LogP contribution in [0, 0.1) is 10.1 Å². The van der Waals surface area contributed by atoms with Gasteiger partial charge in [0.2, 0.25) is 0 Å². The molecule has 0 saturated heterocycles. The van der Waals surface area contributed by atoms with Crippen molar-refractivity contribution in [3.05, 3.63) is 62.6 Å². The Kier molecular flexibility index (Phi) is 4.36. The van der Waals surface area contributed by atoms with Gasteiger partial charge in [0.05, 0.1) is 4.92 Å². The zero-order chi connectivity index (χ0) is 14.7. The van der Waals surface area contributed by atoms with E-state index in [1.165, 1.54) is 12.1 Å². The molecule has 2 aromatic rings. The lowest BCUT2D eigenvalue weighted by atomic mass is 10.1. The molecule has 0 aromatic heterocycles. The van der Waals surface area contributed by atoms with E-state index in [0.29, 0.717) is 11.5 Å². The first-order chi connectivity index (χ1) is 9.47. The number of nitro groups is 1. The standard InChI is InChI=1S/C14H13BrN2O3/c1-9(16)13-7-6-12(8-14(13)15)20-11-4-2-10(3-5-11)17(18)19/h2-9H,16H2,1H3/t9-/m0/s1. The molecule has 0 amide bonds. The summed E-state index contributed by atoms with van der Waals surface area (Å²) in [4.78, 5) is 10.1. The highest BCUT2D eigenvalue weighted by Gasteiger charge is 2.08. The van der Waals surface area contributed by atoms with Gasteiger partial charge in [-0.15, -0.1) is 0 Å². The number of ether oxygens (including phenoxy) is 1. The summed E-state index contributed by atoms with van der Waals surface area (Å²) in [5, 5.41) is 10.6. The maximum atomic E-state index is 10.6. The van der Waals surface area contributed by atoms with Crippen molar-refractivity contribution in [1.29, 1.82) is 0 Å². The van der Waals surface area contributed by atoms with Gasteiger partial charge in [-0.2, -0.15) is 0 Å². The highest BCUT2D eigenvalue weighted by molar-refractivity contribution is 9.10. The predicted molar refractivity (Wildman–Crippen MR) is 79.9 cm³/mol. The van der Waals surface area contributed by atoms with Gasteiger partial charge < -0.3 is 10.5 Å². The Morgan fingerprint density at radius 2 is 1.80 bits per heavy atom. The largest absolute Gasteiger partial charge is 0.457 e. The van der Waals surface area contributed by atoms with E-state index in [9.17, 15) is 10.1 Å². The second-order valence-electron chi connectivity index (χ2n) is 4.33. The molecule has 2 aromatic carbocycles. The molecule has 1 atom stereocenters. The molecule has 0 radical (unpaired) electrons. The first-order valence-electron chi connectivity index (χ1n) is 5.94. The lowest BCUT2D eigenvalue weighted by Crippen LogP contribution is -2.05. The van der Waals surface area contributed by atoms with Gasteiger partial charge in [-0.3, -0.25) is 10.1 Å². The Morgan fingerprint density at radius 3 is 2.30 bits per heavy atom. The van der Waals surface area contributed by atoms with Gasteiger partial charge in [-0.25, -0.2) is 0 Å². The van der Waals surface area contributed by atoms with E-state index < -0.39 is 4.92 Å². The fraction of sp³-hybridized carbons (Fsp3) is 0.143. The van der Waals surface area contributed by atoms with Gasteiger partial charge in [-0.05, 0) is 36.8 Å². The van der Waals surface area contributed by atoms with Gasteiger partial charge in [-0.1, -0.05) is 22.0 Å². The molecule has 0 fully saturated rings. The Hall–Kier alpha value is -1.92. The fourth-order valence-corrected chi connectivity index (χ4v) is 2.43. The lowest BCUT2D eigenvalue weighted by Gasteiger charge is -2.11. The quantitative estimate of drug-likeness (QED) is 0.671. The summed E-state index contributed by atoms with van der Waals surface area (Å²) in [6.45, 7) is 1.90. The van der Waals surface area contributed by atoms with E-state index in [4.69, 9.17) is 10.5 Å². The van der Waals surface area contributed by atoms with Crippen molar-refractivity contribution in [1.82, 2.24) is 0 Å². The van der Waals surface area contributed by atoms with Crippen LogP contribution in [-0.4, -0.2) is 4.92 Å². The number of hydrogen-bond acceptors (Lipinski definition) is 4. The van der Waals surface area contributed by atoms with Crippen LogP contribution in [0.1, 0.15) is 18.5 Å². The third kappa shape index (κ3) is 3.34. The summed E-state index contributed by atoms with van der Waals surface area (Å²) in [5.41, 5.74) is 6.85. The van der Waals surface area contributed by atoms with E-state index in [-0.39, 0.29) is 11.7 Å². The summed E-state index contributed by atoms with van der Waals surface area (Å²) < 4.78 is 6.50. The molecule has 0 bridgehead atoms. The minimum atomic E-state index is -0.447. The lowest BCUT2D eigenvalue weighted by molar-refractivity contribution is -0.384. The number of benzene rings is 2. The second kappa shape index (κ2) is 6.02. The van der Waals surface area contributed by atoms with Crippen molar-refractivity contribution in [3.63, 3.8) is 0 Å². The van der Waals surface area contributed by atoms with Crippen LogP contribution in [0.15, 0.2) is 46.9 Å². The SMILES string of the molecule is C[C@H](N)c1ccc(Oc2ccc([N+](=O)[O-])cc2)cc1Br. The normalized spacial score (nSPS) is 11.9. The molecule has 5 nitrogen and oxygen atoms in total. The highest BCUT2D eigenvalue weighted by Crippen LogP contribution is 2.30. The average molecular weight is 337 g/mol. The molecule has 0 spiro atoms. The molecule has 0 unspecified atom stereocenters.